The first-order chi connectivity index (χ1) is 14.6. The van der Waals surface area contributed by atoms with Crippen LogP contribution in [0.25, 0.3) is 10.2 Å². The summed E-state index contributed by atoms with van der Waals surface area (Å²) in [6.07, 6.45) is 1.21. The Hall–Kier alpha value is -1.86. The average molecular weight is 478 g/mol. The first-order valence-electron chi connectivity index (χ1n) is 10.2. The predicted octanol–water partition coefficient (Wildman–Crippen LogP) is 5.53. The van der Waals surface area contributed by atoms with Crippen LogP contribution in [0.4, 0.5) is 0 Å². The molecule has 1 amide bonds. The molecule has 0 radical (unpaired) electrons. The Kier molecular flexibility index (Phi) is 6.19. The average Bonchev–Trinajstić information content (AvgIpc) is 3.32. The van der Waals surface area contributed by atoms with Crippen LogP contribution in [0.1, 0.15) is 54.8 Å². The molecule has 0 fully saturated rings. The van der Waals surface area contributed by atoms with E-state index in [1.165, 1.54) is 16.9 Å². The Morgan fingerprint density at radius 3 is 2.68 bits per heavy atom. The second-order valence-electron chi connectivity index (χ2n) is 9.23. The number of rotatable bonds is 6. The molecular weight excluding hydrogens is 453 g/mol. The summed E-state index contributed by atoms with van der Waals surface area (Å²) in [7, 11) is 0. The summed E-state index contributed by atoms with van der Waals surface area (Å²) < 4.78 is 1.35. The molecule has 3 aromatic rings. The molecule has 0 unspecified atom stereocenters. The molecule has 4 rings (SSSR count). The maximum Gasteiger partial charge on any atom is 0.268 e. The lowest BCUT2D eigenvalue weighted by atomic mass is 9.90. The third-order valence-corrected chi connectivity index (χ3v) is 7.35. The fraction of sp³-hybridized carbons (Fsp3) is 0.391. The number of thiophene rings is 1. The van der Waals surface area contributed by atoms with E-state index in [1.807, 2.05) is 12.1 Å². The van der Waals surface area contributed by atoms with E-state index >= 15 is 0 Å². The number of halogens is 2. The molecule has 1 aliphatic rings. The third kappa shape index (κ3) is 4.82. The minimum atomic E-state index is -0.207. The van der Waals surface area contributed by atoms with E-state index in [0.29, 0.717) is 33.4 Å². The molecule has 2 aromatic heterocycles. The molecular formula is C23H25Cl2N3O2S. The highest BCUT2D eigenvalue weighted by Crippen LogP contribution is 2.39. The van der Waals surface area contributed by atoms with Crippen molar-refractivity contribution in [3.05, 3.63) is 56.5 Å². The van der Waals surface area contributed by atoms with E-state index in [2.05, 4.69) is 48.5 Å². The molecule has 5 nitrogen and oxygen atoms in total. The fourth-order valence-electron chi connectivity index (χ4n) is 4.15. The topological polar surface area (TPSA) is 74.0 Å². The van der Waals surface area contributed by atoms with Crippen molar-refractivity contribution in [3.63, 3.8) is 0 Å². The Labute approximate surface area is 195 Å². The molecule has 0 bridgehead atoms. The van der Waals surface area contributed by atoms with E-state index in [1.54, 1.807) is 6.07 Å². The van der Waals surface area contributed by atoms with Crippen LogP contribution in [0.3, 0.4) is 0 Å². The van der Waals surface area contributed by atoms with Crippen molar-refractivity contribution in [1.82, 2.24) is 15.6 Å². The van der Waals surface area contributed by atoms with Gasteiger partial charge >= 0.3 is 0 Å². The highest BCUT2D eigenvalue weighted by atomic mass is 35.5. The van der Waals surface area contributed by atoms with Crippen LogP contribution < -0.4 is 10.6 Å². The predicted molar refractivity (Wildman–Crippen MR) is 127 cm³/mol. The smallest absolute Gasteiger partial charge is 0.268 e. The number of hydrogen-bond acceptors (Lipinski definition) is 4. The van der Waals surface area contributed by atoms with Crippen LogP contribution in [-0.2, 0) is 11.2 Å². The summed E-state index contributed by atoms with van der Waals surface area (Å²) in [5.41, 5.74) is 3.37. The number of aromatic amines is 1. The molecule has 31 heavy (non-hydrogen) atoms. The normalized spacial score (nSPS) is 18.4. The van der Waals surface area contributed by atoms with Crippen LogP contribution in [-0.4, -0.2) is 29.3 Å². The van der Waals surface area contributed by atoms with Gasteiger partial charge in [-0.3, -0.25) is 9.59 Å². The molecule has 1 aromatic carbocycles. The Bertz CT molecular complexity index is 1150. The van der Waals surface area contributed by atoms with Crippen LogP contribution >= 0.6 is 34.5 Å². The van der Waals surface area contributed by atoms with E-state index < -0.39 is 0 Å². The number of amides is 1. The lowest BCUT2D eigenvalue weighted by molar-refractivity contribution is -0.120. The number of carbonyl (C=O) groups is 2. The third-order valence-electron chi connectivity index (χ3n) is 5.41. The van der Waals surface area contributed by atoms with Crippen LogP contribution in [0.5, 0.6) is 0 Å². The van der Waals surface area contributed by atoms with Gasteiger partial charge in [-0.05, 0) is 29.0 Å². The number of carbonyl (C=O) groups excluding carboxylic acids is 2. The van der Waals surface area contributed by atoms with E-state index in [9.17, 15) is 9.59 Å². The van der Waals surface area contributed by atoms with Gasteiger partial charge in [0, 0.05) is 6.42 Å². The van der Waals surface area contributed by atoms with Gasteiger partial charge in [-0.2, -0.15) is 0 Å². The number of hydrogen-bond donors (Lipinski definition) is 3. The number of nitrogens with one attached hydrogen (secondary N) is 3. The first kappa shape index (κ1) is 22.3. The molecule has 2 atom stereocenters. The van der Waals surface area contributed by atoms with Crippen molar-refractivity contribution in [2.75, 3.05) is 6.54 Å². The van der Waals surface area contributed by atoms with Gasteiger partial charge in [0.05, 0.1) is 33.9 Å². The largest absolute Gasteiger partial charge is 0.349 e. The molecule has 3 N–H and O–H groups in total. The summed E-state index contributed by atoms with van der Waals surface area (Å²) in [6, 6.07) is 9.59. The Balaban J connectivity index is 1.50. The lowest BCUT2D eigenvalue weighted by Gasteiger charge is -2.24. The number of H-pyrrole nitrogens is 1. The van der Waals surface area contributed by atoms with Gasteiger partial charge in [0.1, 0.15) is 15.8 Å². The molecule has 0 saturated carbocycles. The second kappa shape index (κ2) is 8.58. The summed E-state index contributed by atoms with van der Waals surface area (Å²) in [5.74, 6) is -0.0423. The van der Waals surface area contributed by atoms with Crippen LogP contribution in [0.2, 0.25) is 9.36 Å². The van der Waals surface area contributed by atoms with Crippen LogP contribution in [0.15, 0.2) is 30.3 Å². The van der Waals surface area contributed by atoms with E-state index in [-0.39, 0.29) is 35.7 Å². The van der Waals surface area contributed by atoms with Crippen molar-refractivity contribution < 1.29 is 9.59 Å². The zero-order chi connectivity index (χ0) is 22.3. The van der Waals surface area contributed by atoms with Crippen LogP contribution in [0, 0.1) is 5.41 Å². The number of ketones is 1. The highest BCUT2D eigenvalue weighted by Gasteiger charge is 2.34. The molecule has 164 valence electrons. The zero-order valence-corrected chi connectivity index (χ0v) is 20.0. The molecule has 0 saturated heterocycles. The maximum absolute atomic E-state index is 13.0. The van der Waals surface area contributed by atoms with E-state index in [4.69, 9.17) is 23.2 Å². The van der Waals surface area contributed by atoms with Gasteiger partial charge in [-0.25, -0.2) is 0 Å². The molecule has 2 heterocycles. The van der Waals surface area contributed by atoms with Crippen molar-refractivity contribution in [2.45, 2.75) is 45.7 Å². The van der Waals surface area contributed by atoms with Gasteiger partial charge in [0.25, 0.3) is 5.91 Å². The minimum Gasteiger partial charge on any atom is -0.349 e. The second-order valence-corrected chi connectivity index (χ2v) is 11.3. The van der Waals surface area contributed by atoms with Gasteiger partial charge in [0.2, 0.25) is 0 Å². The maximum atomic E-state index is 13.0. The van der Waals surface area contributed by atoms with Gasteiger partial charge in [-0.1, -0.05) is 68.2 Å². The van der Waals surface area contributed by atoms with Gasteiger partial charge < -0.3 is 15.6 Å². The number of aromatic nitrogens is 1. The van der Waals surface area contributed by atoms with Crippen molar-refractivity contribution >= 4 is 56.4 Å². The summed E-state index contributed by atoms with van der Waals surface area (Å²) >= 11 is 13.6. The number of fused-ring (bicyclic) bond motifs is 2. The standard InChI is InChI=1S/C23H25Cl2N3O2S/c1-23(2,3)10-13(29)11-26-19-14-7-5-4-6-12(14)8-15(19)28-22(30)16-9-17-20(27-16)18(24)21(25)31-17/h4-7,9,15,19,26-27H,8,10-11H2,1-3H3,(H,28,30)/t15-,19-/m1/s1. The van der Waals surface area contributed by atoms with Crippen molar-refractivity contribution in [1.29, 1.82) is 0 Å². The van der Waals surface area contributed by atoms with Gasteiger partial charge in [0.15, 0.2) is 0 Å². The van der Waals surface area contributed by atoms with Gasteiger partial charge in [-0.15, -0.1) is 11.3 Å². The summed E-state index contributed by atoms with van der Waals surface area (Å²) in [4.78, 5) is 28.5. The zero-order valence-electron chi connectivity index (χ0n) is 17.6. The summed E-state index contributed by atoms with van der Waals surface area (Å²) in [5, 5.41) is 6.96. The number of Topliss-reactive ketones (excluding diaryl/α,β-unsaturated/α-hetero) is 1. The quantitative estimate of drug-likeness (QED) is 0.436. The highest BCUT2D eigenvalue weighted by molar-refractivity contribution is 7.23. The molecule has 0 spiro atoms. The monoisotopic (exact) mass is 477 g/mol. The van der Waals surface area contributed by atoms with E-state index in [0.717, 1.165) is 10.3 Å². The number of benzene rings is 1. The molecule has 8 heteroatoms. The van der Waals surface area contributed by atoms with Crippen molar-refractivity contribution in [3.8, 4) is 0 Å². The molecule has 1 aliphatic carbocycles. The fourth-order valence-corrected chi connectivity index (χ4v) is 5.63. The first-order valence-corrected chi connectivity index (χ1v) is 11.8. The lowest BCUT2D eigenvalue weighted by Crippen LogP contribution is -2.44. The van der Waals surface area contributed by atoms with Crippen molar-refractivity contribution in [2.24, 2.45) is 5.41 Å². The Morgan fingerprint density at radius 2 is 1.97 bits per heavy atom. The Morgan fingerprint density at radius 1 is 1.23 bits per heavy atom. The summed E-state index contributed by atoms with van der Waals surface area (Å²) in [6.45, 7) is 6.44. The minimum absolute atomic E-state index is 0.0510. The molecule has 0 aliphatic heterocycles. The SMILES string of the molecule is CC(C)(C)CC(=O)CN[C@@H]1c2ccccc2C[C@H]1NC(=O)c1cc2sc(Cl)c(Cl)c2[nH]1.